The molecule has 1 aliphatic rings. The molecule has 0 fully saturated rings. The van der Waals surface area contributed by atoms with Gasteiger partial charge in [0.2, 0.25) is 0 Å². The highest BCUT2D eigenvalue weighted by Crippen LogP contribution is 2.36. The normalized spacial score (nSPS) is 13.8. The molecule has 0 unspecified atom stereocenters. The summed E-state index contributed by atoms with van der Waals surface area (Å²) in [6.45, 7) is 8.14. The second-order valence-electron chi connectivity index (χ2n) is 6.31. The summed E-state index contributed by atoms with van der Waals surface area (Å²) < 4.78 is 6.22. The molecule has 120 valence electrons. The smallest absolute Gasteiger partial charge is 0.159 e. The van der Waals surface area contributed by atoms with Crippen molar-refractivity contribution in [3.63, 3.8) is 0 Å². The second-order valence-corrected chi connectivity index (χ2v) is 6.31. The van der Waals surface area contributed by atoms with Crippen molar-refractivity contribution in [1.82, 2.24) is 0 Å². The van der Waals surface area contributed by atoms with E-state index in [9.17, 15) is 4.79 Å². The first-order valence-corrected chi connectivity index (χ1v) is 8.60. The molecule has 2 rings (SSSR count). The largest absolute Gasteiger partial charge is 0.461 e. The van der Waals surface area contributed by atoms with Crippen LogP contribution >= 0.6 is 0 Å². The van der Waals surface area contributed by atoms with E-state index in [2.05, 4.69) is 32.9 Å². The molecule has 2 nitrogen and oxygen atoms in total. The van der Waals surface area contributed by atoms with Gasteiger partial charge in [-0.2, -0.15) is 0 Å². The number of unbranched alkanes of at least 4 members (excludes halogenated alkanes) is 3. The number of carbonyl (C=O) groups excluding carboxylic acids is 1. The van der Waals surface area contributed by atoms with Crippen molar-refractivity contribution in [1.29, 1.82) is 0 Å². The molecule has 0 saturated carbocycles. The molecular formula is C20H28O2. The van der Waals surface area contributed by atoms with Crippen molar-refractivity contribution in [3.05, 3.63) is 40.2 Å². The minimum atomic E-state index is 0.149. The zero-order chi connectivity index (χ0) is 16.1. The Kier molecular flexibility index (Phi) is 5.82. The molecule has 0 spiro atoms. The van der Waals surface area contributed by atoms with Gasteiger partial charge in [0.05, 0.1) is 0 Å². The van der Waals surface area contributed by atoms with Crippen molar-refractivity contribution in [2.45, 2.75) is 72.6 Å². The standard InChI is InChI=1S/C20H28O2/c1-5-7-8-9-10-19-18(15(4)21)13-17-12-14(3)11-16(6-2)20(17)22-19/h11-12H,5-10,13H2,1-4H3. The van der Waals surface area contributed by atoms with Crippen LogP contribution < -0.4 is 4.74 Å². The molecular weight excluding hydrogens is 272 g/mol. The number of allylic oxidation sites excluding steroid dienone is 2. The Morgan fingerprint density at radius 3 is 2.59 bits per heavy atom. The van der Waals surface area contributed by atoms with Gasteiger partial charge in [-0.1, -0.05) is 50.8 Å². The van der Waals surface area contributed by atoms with Gasteiger partial charge in [-0.3, -0.25) is 4.79 Å². The molecule has 0 N–H and O–H groups in total. The van der Waals surface area contributed by atoms with Crippen LogP contribution in [0.5, 0.6) is 5.75 Å². The first kappa shape index (κ1) is 16.8. The first-order valence-electron chi connectivity index (χ1n) is 8.60. The number of carbonyl (C=O) groups is 1. The maximum absolute atomic E-state index is 12.0. The molecule has 0 radical (unpaired) electrons. The van der Waals surface area contributed by atoms with Crippen LogP contribution in [0.2, 0.25) is 0 Å². The summed E-state index contributed by atoms with van der Waals surface area (Å²) in [5.74, 6) is 2.06. The van der Waals surface area contributed by atoms with Crippen molar-refractivity contribution < 1.29 is 9.53 Å². The van der Waals surface area contributed by atoms with Crippen LogP contribution in [0, 0.1) is 6.92 Å². The Balaban J connectivity index is 2.26. The van der Waals surface area contributed by atoms with Gasteiger partial charge in [-0.15, -0.1) is 0 Å². The predicted octanol–water partition coefficient (Wildman–Crippen LogP) is 5.31. The molecule has 0 aliphatic carbocycles. The molecule has 1 aliphatic heterocycles. The van der Waals surface area contributed by atoms with Gasteiger partial charge < -0.3 is 4.74 Å². The highest BCUT2D eigenvalue weighted by Gasteiger charge is 2.24. The molecule has 22 heavy (non-hydrogen) atoms. The molecule has 2 heteroatoms. The van der Waals surface area contributed by atoms with Crippen molar-refractivity contribution in [3.8, 4) is 5.75 Å². The van der Waals surface area contributed by atoms with Crippen LogP contribution in [-0.2, 0) is 17.6 Å². The average Bonchev–Trinajstić information content (AvgIpc) is 2.50. The lowest BCUT2D eigenvalue weighted by molar-refractivity contribution is -0.113. The Labute approximate surface area is 134 Å². The summed E-state index contributed by atoms with van der Waals surface area (Å²) >= 11 is 0. The monoisotopic (exact) mass is 300 g/mol. The number of Topliss-reactive ketones (excluding diaryl/α,β-unsaturated/α-hetero) is 1. The first-order chi connectivity index (χ1) is 10.6. The lowest BCUT2D eigenvalue weighted by Gasteiger charge is -2.25. The zero-order valence-electron chi connectivity index (χ0n) is 14.4. The topological polar surface area (TPSA) is 26.3 Å². The average molecular weight is 300 g/mol. The minimum Gasteiger partial charge on any atom is -0.461 e. The number of ether oxygens (including phenoxy) is 1. The molecule has 1 heterocycles. The van der Waals surface area contributed by atoms with Gasteiger partial charge in [-0.05, 0) is 37.8 Å². The number of hydrogen-bond acceptors (Lipinski definition) is 2. The van der Waals surface area contributed by atoms with Crippen LogP contribution in [0.15, 0.2) is 23.5 Å². The van der Waals surface area contributed by atoms with E-state index in [-0.39, 0.29) is 5.78 Å². The zero-order valence-corrected chi connectivity index (χ0v) is 14.4. The summed E-state index contributed by atoms with van der Waals surface area (Å²) in [5, 5.41) is 0. The minimum absolute atomic E-state index is 0.149. The Bertz CT molecular complexity index is 582. The van der Waals surface area contributed by atoms with Crippen LogP contribution in [0.3, 0.4) is 0 Å². The van der Waals surface area contributed by atoms with E-state index in [1.54, 1.807) is 6.92 Å². The highest BCUT2D eigenvalue weighted by molar-refractivity contribution is 5.94. The SMILES string of the molecule is CCCCCCC1=C(C(C)=O)Cc2cc(C)cc(CC)c2O1. The molecule has 1 aromatic carbocycles. The van der Waals surface area contributed by atoms with Crippen LogP contribution in [0.25, 0.3) is 0 Å². The maximum Gasteiger partial charge on any atom is 0.159 e. The molecule has 0 aromatic heterocycles. The van der Waals surface area contributed by atoms with Gasteiger partial charge in [-0.25, -0.2) is 0 Å². The van der Waals surface area contributed by atoms with Crippen LogP contribution in [-0.4, -0.2) is 5.78 Å². The highest BCUT2D eigenvalue weighted by atomic mass is 16.5. The molecule has 0 atom stereocenters. The fourth-order valence-electron chi connectivity index (χ4n) is 3.16. The number of aryl methyl sites for hydroxylation is 2. The summed E-state index contributed by atoms with van der Waals surface area (Å²) in [4.78, 5) is 12.0. The molecule has 0 amide bonds. The Morgan fingerprint density at radius 1 is 1.18 bits per heavy atom. The molecule has 0 saturated heterocycles. The van der Waals surface area contributed by atoms with Gasteiger partial charge >= 0.3 is 0 Å². The van der Waals surface area contributed by atoms with Crippen molar-refractivity contribution in [2.24, 2.45) is 0 Å². The third-order valence-corrected chi connectivity index (χ3v) is 4.38. The molecule has 1 aromatic rings. The van der Waals surface area contributed by atoms with Crippen molar-refractivity contribution in [2.75, 3.05) is 0 Å². The maximum atomic E-state index is 12.0. The van der Waals surface area contributed by atoms with Gasteiger partial charge in [0.1, 0.15) is 11.5 Å². The van der Waals surface area contributed by atoms with E-state index in [1.807, 2.05) is 0 Å². The number of benzene rings is 1. The Morgan fingerprint density at radius 2 is 1.95 bits per heavy atom. The number of fused-ring (bicyclic) bond motifs is 1. The molecule has 0 bridgehead atoms. The Hall–Kier alpha value is -1.57. The lowest BCUT2D eigenvalue weighted by atomic mass is 9.92. The number of hydrogen-bond donors (Lipinski definition) is 0. The number of ketones is 1. The van der Waals surface area contributed by atoms with Crippen molar-refractivity contribution >= 4 is 5.78 Å². The summed E-state index contributed by atoms with van der Waals surface area (Å²) in [7, 11) is 0. The van der Waals surface area contributed by atoms with Gasteiger partial charge in [0, 0.05) is 18.4 Å². The fraction of sp³-hybridized carbons (Fsp3) is 0.550. The predicted molar refractivity (Wildman–Crippen MR) is 91.4 cm³/mol. The summed E-state index contributed by atoms with van der Waals surface area (Å²) in [6.07, 6.45) is 7.34. The van der Waals surface area contributed by atoms with Gasteiger partial charge in [0.15, 0.2) is 5.78 Å². The second kappa shape index (κ2) is 7.62. The van der Waals surface area contributed by atoms with E-state index in [4.69, 9.17) is 4.74 Å². The van der Waals surface area contributed by atoms with E-state index in [0.29, 0.717) is 0 Å². The summed E-state index contributed by atoms with van der Waals surface area (Å²) in [5.41, 5.74) is 4.54. The fourth-order valence-corrected chi connectivity index (χ4v) is 3.16. The van der Waals surface area contributed by atoms with Crippen LogP contribution in [0.1, 0.15) is 69.6 Å². The third kappa shape index (κ3) is 3.79. The third-order valence-electron chi connectivity index (χ3n) is 4.38. The number of rotatable bonds is 7. The van der Waals surface area contributed by atoms with Gasteiger partial charge in [0.25, 0.3) is 0 Å². The van der Waals surface area contributed by atoms with E-state index in [1.165, 1.54) is 36.0 Å². The van der Waals surface area contributed by atoms with E-state index in [0.717, 1.165) is 42.8 Å². The van der Waals surface area contributed by atoms with E-state index < -0.39 is 0 Å². The quantitative estimate of drug-likeness (QED) is 0.638. The van der Waals surface area contributed by atoms with Crippen LogP contribution in [0.4, 0.5) is 0 Å². The van der Waals surface area contributed by atoms with E-state index >= 15 is 0 Å². The summed E-state index contributed by atoms with van der Waals surface area (Å²) in [6, 6.07) is 4.36. The lowest BCUT2D eigenvalue weighted by Crippen LogP contribution is -2.16.